The molecule has 6 heteroatoms. The molecule has 0 spiro atoms. The van der Waals surface area contributed by atoms with Gasteiger partial charge < -0.3 is 5.32 Å². The van der Waals surface area contributed by atoms with E-state index in [1.54, 1.807) is 12.1 Å². The summed E-state index contributed by atoms with van der Waals surface area (Å²) < 4.78 is 0. The Bertz CT molecular complexity index is 838. The van der Waals surface area contributed by atoms with Crippen molar-refractivity contribution in [3.8, 4) is 0 Å². The van der Waals surface area contributed by atoms with Gasteiger partial charge in [0.15, 0.2) is 0 Å². The van der Waals surface area contributed by atoms with Gasteiger partial charge in [-0.2, -0.15) is 0 Å². The molecule has 0 aromatic heterocycles. The molecule has 1 fully saturated rings. The molecule has 3 rings (SSSR count). The summed E-state index contributed by atoms with van der Waals surface area (Å²) in [6, 6.07) is 12.4. The Morgan fingerprint density at radius 2 is 1.84 bits per heavy atom. The minimum atomic E-state index is -1.14. The van der Waals surface area contributed by atoms with Crippen molar-refractivity contribution < 1.29 is 9.59 Å². The van der Waals surface area contributed by atoms with E-state index >= 15 is 0 Å². The Labute approximate surface area is 153 Å². The lowest BCUT2D eigenvalue weighted by atomic mass is 9.76. The van der Waals surface area contributed by atoms with Gasteiger partial charge in [-0.25, -0.2) is 4.79 Å². The summed E-state index contributed by atoms with van der Waals surface area (Å²) in [7, 11) is 5.93. The molecule has 0 bridgehead atoms. The molecule has 1 aliphatic rings. The van der Waals surface area contributed by atoms with E-state index in [0.717, 1.165) is 16.7 Å². The standard InChI is InChI=1S/C19H18BClN2O2/c1-11-3-6-14(20)9-16(11)19(17(24)22-18(25)23-19)10-12(2)13-4-7-15(21)8-5-13/h3-9,12H,10H2,1-2H3,(H2,22,23,24,25). The number of halogens is 1. The highest BCUT2D eigenvalue weighted by Crippen LogP contribution is 2.37. The molecule has 126 valence electrons. The van der Waals surface area contributed by atoms with Crippen LogP contribution >= 0.6 is 11.6 Å². The van der Waals surface area contributed by atoms with Crippen molar-refractivity contribution in [1.82, 2.24) is 10.6 Å². The van der Waals surface area contributed by atoms with Crippen molar-refractivity contribution >= 4 is 36.8 Å². The molecule has 1 heterocycles. The third-order valence-corrected chi connectivity index (χ3v) is 4.97. The topological polar surface area (TPSA) is 58.2 Å². The maximum Gasteiger partial charge on any atom is 0.322 e. The highest BCUT2D eigenvalue weighted by Gasteiger charge is 2.49. The van der Waals surface area contributed by atoms with Crippen molar-refractivity contribution in [2.75, 3.05) is 0 Å². The fourth-order valence-corrected chi connectivity index (χ4v) is 3.53. The number of hydrogen-bond acceptors (Lipinski definition) is 2. The van der Waals surface area contributed by atoms with Gasteiger partial charge in [0.25, 0.3) is 5.91 Å². The Morgan fingerprint density at radius 1 is 1.16 bits per heavy atom. The number of urea groups is 1. The van der Waals surface area contributed by atoms with Gasteiger partial charge in [0, 0.05) is 5.02 Å². The molecule has 1 aliphatic heterocycles. The van der Waals surface area contributed by atoms with Crippen molar-refractivity contribution in [2.24, 2.45) is 0 Å². The number of rotatable bonds is 4. The quantitative estimate of drug-likeness (QED) is 0.656. The lowest BCUT2D eigenvalue weighted by molar-refractivity contribution is -0.124. The molecule has 2 atom stereocenters. The van der Waals surface area contributed by atoms with Crippen LogP contribution in [0.4, 0.5) is 4.79 Å². The van der Waals surface area contributed by atoms with E-state index in [9.17, 15) is 9.59 Å². The predicted octanol–water partition coefficient (Wildman–Crippen LogP) is 2.67. The lowest BCUT2D eigenvalue weighted by Crippen LogP contribution is -2.45. The average Bonchev–Trinajstić information content (AvgIpc) is 2.84. The molecule has 2 N–H and O–H groups in total. The maximum absolute atomic E-state index is 12.7. The van der Waals surface area contributed by atoms with E-state index in [0.29, 0.717) is 16.9 Å². The number of amides is 3. The molecule has 2 aromatic rings. The fraction of sp³-hybridized carbons (Fsp3) is 0.263. The summed E-state index contributed by atoms with van der Waals surface area (Å²) in [5, 5.41) is 5.86. The van der Waals surface area contributed by atoms with Gasteiger partial charge in [-0.05, 0) is 48.1 Å². The molecule has 2 aromatic carbocycles. The normalized spacial score (nSPS) is 20.9. The number of imide groups is 1. The smallest absolute Gasteiger partial charge is 0.319 e. The second-order valence-electron chi connectivity index (χ2n) is 6.54. The van der Waals surface area contributed by atoms with Crippen molar-refractivity contribution in [1.29, 1.82) is 0 Å². The maximum atomic E-state index is 12.7. The van der Waals surface area contributed by atoms with Crippen molar-refractivity contribution in [3.63, 3.8) is 0 Å². The number of carbonyl (C=O) groups excluding carboxylic acids is 2. The summed E-state index contributed by atoms with van der Waals surface area (Å²) in [6.45, 7) is 3.92. The molecule has 2 unspecified atom stereocenters. The van der Waals surface area contributed by atoms with Gasteiger partial charge in [-0.15, -0.1) is 0 Å². The minimum Gasteiger partial charge on any atom is -0.319 e. The van der Waals surface area contributed by atoms with Crippen LogP contribution in [-0.2, 0) is 10.3 Å². The fourth-order valence-electron chi connectivity index (χ4n) is 3.40. The first-order valence-electron chi connectivity index (χ1n) is 8.07. The third-order valence-electron chi connectivity index (χ3n) is 4.71. The zero-order chi connectivity index (χ0) is 18.2. The molecule has 4 nitrogen and oxygen atoms in total. The molecule has 0 aliphatic carbocycles. The minimum absolute atomic E-state index is 0.0160. The first-order chi connectivity index (χ1) is 11.8. The second-order valence-corrected chi connectivity index (χ2v) is 6.98. The first-order valence-corrected chi connectivity index (χ1v) is 8.45. The van der Waals surface area contributed by atoms with Crippen LogP contribution in [0.15, 0.2) is 42.5 Å². The SMILES string of the molecule is [B]c1ccc(C)c(C2(CC(C)c3ccc(Cl)cc3)NC(=O)NC2=O)c1. The Morgan fingerprint density at radius 3 is 2.44 bits per heavy atom. The van der Waals surface area contributed by atoms with E-state index in [-0.39, 0.29) is 11.8 Å². The van der Waals surface area contributed by atoms with Crippen molar-refractivity contribution in [3.05, 3.63) is 64.2 Å². The Hall–Kier alpha value is -2.27. The van der Waals surface area contributed by atoms with Gasteiger partial charge in [-0.1, -0.05) is 54.3 Å². The molecule has 1 saturated heterocycles. The molecule has 3 amide bonds. The number of benzene rings is 2. The zero-order valence-electron chi connectivity index (χ0n) is 14.1. The van der Waals surface area contributed by atoms with Crippen LogP contribution in [0.2, 0.25) is 5.02 Å². The van der Waals surface area contributed by atoms with Gasteiger partial charge in [-0.3, -0.25) is 10.1 Å². The van der Waals surface area contributed by atoms with Gasteiger partial charge in [0.2, 0.25) is 0 Å². The molecular weight excluding hydrogens is 334 g/mol. The highest BCUT2D eigenvalue weighted by atomic mass is 35.5. The molecular formula is C19H18BClN2O2. The summed E-state index contributed by atoms with van der Waals surface area (Å²) in [5.41, 5.74) is 2.06. The van der Waals surface area contributed by atoms with Crippen molar-refractivity contribution in [2.45, 2.75) is 31.7 Å². The summed E-state index contributed by atoms with van der Waals surface area (Å²) in [5.74, 6) is -0.339. The van der Waals surface area contributed by atoms with Crippen LogP contribution in [0, 0.1) is 6.92 Å². The lowest BCUT2D eigenvalue weighted by Gasteiger charge is -2.31. The summed E-state index contributed by atoms with van der Waals surface area (Å²) in [4.78, 5) is 24.6. The number of carbonyl (C=O) groups is 2. The molecule has 0 saturated carbocycles. The second kappa shape index (κ2) is 6.56. The van der Waals surface area contributed by atoms with E-state index in [1.807, 2.05) is 44.2 Å². The summed E-state index contributed by atoms with van der Waals surface area (Å²) >= 11 is 5.96. The number of hydrogen-bond donors (Lipinski definition) is 2. The van der Waals surface area contributed by atoms with Gasteiger partial charge in [0.1, 0.15) is 13.4 Å². The predicted molar refractivity (Wildman–Crippen MR) is 99.4 cm³/mol. The molecule has 2 radical (unpaired) electrons. The van der Waals surface area contributed by atoms with Crippen LogP contribution in [0.25, 0.3) is 0 Å². The third kappa shape index (κ3) is 3.29. The molecule has 25 heavy (non-hydrogen) atoms. The van der Waals surface area contributed by atoms with E-state index in [1.165, 1.54) is 0 Å². The van der Waals surface area contributed by atoms with Gasteiger partial charge >= 0.3 is 6.03 Å². The van der Waals surface area contributed by atoms with Crippen LogP contribution in [0.5, 0.6) is 0 Å². The Kier molecular flexibility index (Phi) is 4.61. The first kappa shape index (κ1) is 17.6. The van der Waals surface area contributed by atoms with E-state index in [4.69, 9.17) is 19.4 Å². The van der Waals surface area contributed by atoms with E-state index in [2.05, 4.69) is 10.6 Å². The van der Waals surface area contributed by atoms with E-state index < -0.39 is 11.6 Å². The average molecular weight is 353 g/mol. The monoisotopic (exact) mass is 352 g/mol. The van der Waals surface area contributed by atoms with Gasteiger partial charge in [0.05, 0.1) is 0 Å². The van der Waals surface area contributed by atoms with Crippen LogP contribution < -0.4 is 16.1 Å². The van der Waals surface area contributed by atoms with Crippen LogP contribution in [0.3, 0.4) is 0 Å². The largest absolute Gasteiger partial charge is 0.322 e. The highest BCUT2D eigenvalue weighted by molar-refractivity contribution is 6.32. The van der Waals surface area contributed by atoms with Crippen LogP contribution in [0.1, 0.15) is 36.0 Å². The zero-order valence-corrected chi connectivity index (χ0v) is 14.9. The van der Waals surface area contributed by atoms with Crippen LogP contribution in [-0.4, -0.2) is 19.8 Å². The number of nitrogens with one attached hydrogen (secondary N) is 2. The number of aryl methyl sites for hydroxylation is 1. The Balaban J connectivity index is 2.04. The summed E-state index contributed by atoms with van der Waals surface area (Å²) in [6.07, 6.45) is 0.413.